The molecular weight excluding hydrogens is 272 g/mol. The smallest absolute Gasteiger partial charge is 0.176 e. The predicted molar refractivity (Wildman–Crippen MR) is 81.5 cm³/mol. The fourth-order valence-electron chi connectivity index (χ4n) is 2.13. The summed E-state index contributed by atoms with van der Waals surface area (Å²) in [4.78, 5) is 0. The van der Waals surface area contributed by atoms with Gasteiger partial charge in [-0.05, 0) is 24.6 Å². The first-order valence-electron chi connectivity index (χ1n) is 6.23. The van der Waals surface area contributed by atoms with Crippen LogP contribution in [-0.2, 0) is 0 Å². The molecule has 3 rings (SSSR count). The topological polar surface area (TPSA) is 52.0 Å². The van der Waals surface area contributed by atoms with Crippen LogP contribution in [0.3, 0.4) is 0 Å². The lowest BCUT2D eigenvalue weighted by atomic mass is 10.0. The molecule has 0 unspecified atom stereocenters. The number of aryl methyl sites for hydroxylation is 1. The number of halogens is 1. The molecule has 0 aliphatic heterocycles. The first-order chi connectivity index (χ1) is 9.65. The summed E-state index contributed by atoms with van der Waals surface area (Å²) in [6.45, 7) is 2.04. The van der Waals surface area contributed by atoms with E-state index in [-0.39, 0.29) is 0 Å². The number of benzene rings is 2. The zero-order chi connectivity index (χ0) is 14.1. The van der Waals surface area contributed by atoms with Gasteiger partial charge in [0.25, 0.3) is 0 Å². The van der Waals surface area contributed by atoms with Crippen LogP contribution in [0.1, 0.15) is 5.56 Å². The molecule has 0 aliphatic carbocycles. The Hall–Kier alpha value is -2.26. The number of hydrogen-bond donors (Lipinski definition) is 1. The third kappa shape index (κ3) is 2.28. The van der Waals surface area contributed by atoms with Gasteiger partial charge >= 0.3 is 0 Å². The largest absolute Gasteiger partial charge is 0.380 e. The van der Waals surface area contributed by atoms with Gasteiger partial charge in [0.1, 0.15) is 0 Å². The van der Waals surface area contributed by atoms with Crippen LogP contribution in [0.4, 0.5) is 5.82 Å². The average Bonchev–Trinajstić information content (AvgIpc) is 2.82. The predicted octanol–water partition coefficient (Wildman–Crippen LogP) is 4.55. The second-order valence-electron chi connectivity index (χ2n) is 4.65. The maximum atomic E-state index is 6.03. The van der Waals surface area contributed by atoms with E-state index in [0.717, 1.165) is 16.7 Å². The monoisotopic (exact) mass is 284 g/mol. The molecule has 3 aromatic rings. The van der Waals surface area contributed by atoms with Crippen LogP contribution in [0.5, 0.6) is 0 Å². The number of rotatable bonds is 2. The van der Waals surface area contributed by atoms with Gasteiger partial charge in [-0.1, -0.05) is 58.7 Å². The molecule has 100 valence electrons. The van der Waals surface area contributed by atoms with Crippen molar-refractivity contribution in [1.82, 2.24) is 5.16 Å². The molecule has 0 saturated heterocycles. The van der Waals surface area contributed by atoms with E-state index in [1.807, 2.05) is 55.5 Å². The minimum Gasteiger partial charge on any atom is -0.380 e. The fourth-order valence-corrected chi connectivity index (χ4v) is 2.32. The normalized spacial score (nSPS) is 10.7. The molecule has 2 aromatic carbocycles. The van der Waals surface area contributed by atoms with Crippen molar-refractivity contribution in [3.8, 4) is 22.5 Å². The van der Waals surface area contributed by atoms with Gasteiger partial charge in [0.05, 0.1) is 5.56 Å². The number of nitrogens with zero attached hydrogens (tertiary/aromatic N) is 1. The Morgan fingerprint density at radius 1 is 1.05 bits per heavy atom. The number of aromatic nitrogens is 1. The summed E-state index contributed by atoms with van der Waals surface area (Å²) >= 11 is 6.03. The van der Waals surface area contributed by atoms with Gasteiger partial charge in [-0.3, -0.25) is 0 Å². The molecule has 0 saturated carbocycles. The minimum atomic E-state index is 0.379. The van der Waals surface area contributed by atoms with Crippen LogP contribution in [-0.4, -0.2) is 5.16 Å². The van der Waals surface area contributed by atoms with E-state index < -0.39 is 0 Å². The second-order valence-corrected chi connectivity index (χ2v) is 5.08. The van der Waals surface area contributed by atoms with Crippen LogP contribution in [0.2, 0.25) is 5.02 Å². The molecule has 0 fully saturated rings. The van der Waals surface area contributed by atoms with E-state index in [0.29, 0.717) is 16.6 Å². The molecule has 0 bridgehead atoms. The Morgan fingerprint density at radius 2 is 1.80 bits per heavy atom. The number of nitrogens with two attached hydrogens (primary N) is 1. The van der Waals surface area contributed by atoms with Crippen molar-refractivity contribution in [2.24, 2.45) is 0 Å². The van der Waals surface area contributed by atoms with Crippen molar-refractivity contribution < 1.29 is 4.52 Å². The second kappa shape index (κ2) is 5.02. The number of nitrogen functional groups attached to an aromatic ring is 1. The summed E-state index contributed by atoms with van der Waals surface area (Å²) in [5.41, 5.74) is 9.77. The molecule has 20 heavy (non-hydrogen) atoms. The summed E-state index contributed by atoms with van der Waals surface area (Å²) in [5.74, 6) is 1.01. The van der Waals surface area contributed by atoms with Crippen LogP contribution >= 0.6 is 11.6 Å². The van der Waals surface area contributed by atoms with E-state index in [9.17, 15) is 0 Å². The molecule has 0 spiro atoms. The van der Waals surface area contributed by atoms with E-state index in [2.05, 4.69) is 5.16 Å². The minimum absolute atomic E-state index is 0.379. The van der Waals surface area contributed by atoms with Gasteiger partial charge in [-0.2, -0.15) is 0 Å². The maximum Gasteiger partial charge on any atom is 0.176 e. The molecule has 1 aromatic heterocycles. The van der Waals surface area contributed by atoms with E-state index >= 15 is 0 Å². The average molecular weight is 285 g/mol. The highest BCUT2D eigenvalue weighted by atomic mass is 35.5. The third-order valence-corrected chi connectivity index (χ3v) is 3.38. The lowest BCUT2D eigenvalue weighted by molar-refractivity contribution is 0.436. The van der Waals surface area contributed by atoms with Gasteiger partial charge in [0.2, 0.25) is 0 Å². The quantitative estimate of drug-likeness (QED) is 0.751. The van der Waals surface area contributed by atoms with E-state index in [1.54, 1.807) is 0 Å². The highest BCUT2D eigenvalue weighted by molar-refractivity contribution is 6.30. The van der Waals surface area contributed by atoms with Crippen molar-refractivity contribution >= 4 is 17.4 Å². The lowest BCUT2D eigenvalue weighted by Crippen LogP contribution is -1.89. The van der Waals surface area contributed by atoms with Gasteiger partial charge in [0, 0.05) is 10.6 Å². The Bertz CT molecular complexity index is 747. The number of hydrogen-bond acceptors (Lipinski definition) is 3. The van der Waals surface area contributed by atoms with Gasteiger partial charge in [-0.25, -0.2) is 0 Å². The highest BCUT2D eigenvalue weighted by Gasteiger charge is 2.17. The van der Waals surface area contributed by atoms with Crippen molar-refractivity contribution in [3.63, 3.8) is 0 Å². The van der Waals surface area contributed by atoms with Gasteiger partial charge in [-0.15, -0.1) is 0 Å². The molecule has 1 heterocycles. The molecule has 0 amide bonds. The van der Waals surface area contributed by atoms with Crippen molar-refractivity contribution in [1.29, 1.82) is 0 Å². The summed E-state index contributed by atoms with van der Waals surface area (Å²) in [6.07, 6.45) is 0. The number of anilines is 1. The van der Waals surface area contributed by atoms with Crippen LogP contribution in [0.15, 0.2) is 53.1 Å². The zero-order valence-corrected chi connectivity index (χ0v) is 11.7. The molecule has 2 N–H and O–H groups in total. The molecular formula is C16H13ClN2O. The highest BCUT2D eigenvalue weighted by Crippen LogP contribution is 2.37. The molecule has 0 atom stereocenters. The Balaban J connectivity index is 2.17. The van der Waals surface area contributed by atoms with Crippen LogP contribution < -0.4 is 5.73 Å². The summed E-state index contributed by atoms with van der Waals surface area (Å²) in [7, 11) is 0. The van der Waals surface area contributed by atoms with Gasteiger partial charge < -0.3 is 10.3 Å². The molecule has 3 nitrogen and oxygen atoms in total. The molecule has 4 heteroatoms. The summed E-state index contributed by atoms with van der Waals surface area (Å²) in [6, 6.07) is 15.5. The lowest BCUT2D eigenvalue weighted by Gasteiger charge is -2.04. The SMILES string of the molecule is Cc1ccc(-c2c(N)noc2-c2cccc(Cl)c2)cc1. The maximum absolute atomic E-state index is 6.03. The molecule has 0 radical (unpaired) electrons. The Kier molecular flexibility index (Phi) is 3.20. The van der Waals surface area contributed by atoms with Crippen molar-refractivity contribution in [2.75, 3.05) is 5.73 Å². The van der Waals surface area contributed by atoms with Crippen molar-refractivity contribution in [2.45, 2.75) is 6.92 Å². The Morgan fingerprint density at radius 3 is 2.50 bits per heavy atom. The fraction of sp³-hybridized carbons (Fsp3) is 0.0625. The first-order valence-corrected chi connectivity index (χ1v) is 6.61. The van der Waals surface area contributed by atoms with Crippen LogP contribution in [0, 0.1) is 6.92 Å². The van der Waals surface area contributed by atoms with Gasteiger partial charge in [0.15, 0.2) is 11.6 Å². The summed E-state index contributed by atoms with van der Waals surface area (Å²) in [5, 5.41) is 4.53. The van der Waals surface area contributed by atoms with E-state index in [4.69, 9.17) is 21.9 Å². The summed E-state index contributed by atoms with van der Waals surface area (Å²) < 4.78 is 5.39. The molecule has 0 aliphatic rings. The standard InChI is InChI=1S/C16H13ClN2O/c1-10-5-7-11(8-6-10)14-15(20-19-16(14)18)12-3-2-4-13(17)9-12/h2-9H,1H3,(H2,18,19). The first kappa shape index (κ1) is 12.8. The van der Waals surface area contributed by atoms with Crippen LogP contribution in [0.25, 0.3) is 22.5 Å². The third-order valence-electron chi connectivity index (χ3n) is 3.15. The van der Waals surface area contributed by atoms with E-state index in [1.165, 1.54) is 5.56 Å². The van der Waals surface area contributed by atoms with Crippen molar-refractivity contribution in [3.05, 3.63) is 59.1 Å². The zero-order valence-electron chi connectivity index (χ0n) is 10.9. The Labute approximate surface area is 122 Å².